The molecule has 0 saturated carbocycles. The highest BCUT2D eigenvalue weighted by Crippen LogP contribution is 2.30. The van der Waals surface area contributed by atoms with Gasteiger partial charge in [-0.25, -0.2) is 27.9 Å². The van der Waals surface area contributed by atoms with Crippen molar-refractivity contribution in [2.45, 2.75) is 30.5 Å². The van der Waals surface area contributed by atoms with Gasteiger partial charge in [-0.3, -0.25) is 0 Å². The number of hydrogen-bond donors (Lipinski definition) is 3. The van der Waals surface area contributed by atoms with E-state index in [0.29, 0.717) is 23.2 Å². The predicted octanol–water partition coefficient (Wildman–Crippen LogP) is 5.02. The van der Waals surface area contributed by atoms with Crippen molar-refractivity contribution in [3.05, 3.63) is 72.0 Å². The van der Waals surface area contributed by atoms with E-state index >= 15 is 0 Å². The largest absolute Gasteiger partial charge is 0.405 e. The van der Waals surface area contributed by atoms with Crippen LogP contribution in [0, 0.1) is 5.82 Å². The Morgan fingerprint density at radius 3 is 2.32 bits per heavy atom. The van der Waals surface area contributed by atoms with E-state index in [-0.39, 0.29) is 27.7 Å². The number of fused-ring (bicyclic) bond motifs is 1. The SMILES string of the molecule is CC[C@@H](Nc1nc(NCC(F)(F)F)c2nc(-c3ccc(F)cc3)ccc2n1)c1ccccc1S(N)(=O)=O. The monoisotopic (exact) mass is 534 g/mol. The first-order chi connectivity index (χ1) is 17.4. The van der Waals surface area contributed by atoms with E-state index in [0.717, 1.165) is 0 Å². The Labute approximate surface area is 210 Å². The van der Waals surface area contributed by atoms with Gasteiger partial charge in [-0.05, 0) is 54.4 Å². The van der Waals surface area contributed by atoms with Crippen LogP contribution in [0.5, 0.6) is 0 Å². The fourth-order valence-corrected chi connectivity index (χ4v) is 4.56. The molecule has 13 heteroatoms. The average molecular weight is 535 g/mol. The number of nitrogens with zero attached hydrogens (tertiary/aromatic N) is 3. The molecule has 8 nitrogen and oxygen atoms in total. The lowest BCUT2D eigenvalue weighted by molar-refractivity contribution is -0.115. The molecule has 0 bridgehead atoms. The van der Waals surface area contributed by atoms with Crippen molar-refractivity contribution >= 4 is 32.8 Å². The highest BCUT2D eigenvalue weighted by atomic mass is 32.2. The molecule has 0 aliphatic rings. The highest BCUT2D eigenvalue weighted by Gasteiger charge is 2.28. The lowest BCUT2D eigenvalue weighted by Gasteiger charge is -2.21. The average Bonchev–Trinajstić information content (AvgIpc) is 2.85. The fraction of sp³-hybridized carbons (Fsp3) is 0.208. The Morgan fingerprint density at radius 2 is 1.68 bits per heavy atom. The predicted molar refractivity (Wildman–Crippen MR) is 132 cm³/mol. The molecule has 4 rings (SSSR count). The van der Waals surface area contributed by atoms with Crippen LogP contribution in [-0.2, 0) is 10.0 Å². The highest BCUT2D eigenvalue weighted by molar-refractivity contribution is 7.89. The second kappa shape index (κ2) is 10.3. The summed E-state index contributed by atoms with van der Waals surface area (Å²) in [6.45, 7) is 0.421. The van der Waals surface area contributed by atoms with Gasteiger partial charge in [0.05, 0.1) is 22.1 Å². The summed E-state index contributed by atoms with van der Waals surface area (Å²) in [7, 11) is -4.03. The van der Waals surface area contributed by atoms with E-state index < -0.39 is 34.6 Å². The lowest BCUT2D eigenvalue weighted by atomic mass is 10.0. The maximum Gasteiger partial charge on any atom is 0.405 e. The summed E-state index contributed by atoms with van der Waals surface area (Å²) in [6, 6.07) is 14.2. The van der Waals surface area contributed by atoms with Crippen LogP contribution < -0.4 is 15.8 Å². The zero-order valence-electron chi connectivity index (χ0n) is 19.4. The van der Waals surface area contributed by atoms with Gasteiger partial charge in [0, 0.05) is 5.56 Å². The van der Waals surface area contributed by atoms with Gasteiger partial charge in [-0.15, -0.1) is 0 Å². The Kier molecular flexibility index (Phi) is 7.28. The topological polar surface area (TPSA) is 123 Å². The van der Waals surface area contributed by atoms with Gasteiger partial charge >= 0.3 is 6.18 Å². The number of aromatic nitrogens is 3. The van der Waals surface area contributed by atoms with Crippen molar-refractivity contribution < 1.29 is 26.0 Å². The molecule has 2 aromatic carbocycles. The summed E-state index contributed by atoms with van der Waals surface area (Å²) in [5.74, 6) is -0.654. The van der Waals surface area contributed by atoms with Gasteiger partial charge in [-0.1, -0.05) is 25.1 Å². The van der Waals surface area contributed by atoms with E-state index in [9.17, 15) is 26.0 Å². The Bertz CT molecular complexity index is 1530. The van der Waals surface area contributed by atoms with Crippen LogP contribution in [0.3, 0.4) is 0 Å². The first-order valence-electron chi connectivity index (χ1n) is 11.1. The zero-order chi connectivity index (χ0) is 26.8. The molecule has 0 saturated heterocycles. The van der Waals surface area contributed by atoms with Gasteiger partial charge in [0.1, 0.15) is 17.9 Å². The van der Waals surface area contributed by atoms with Crippen molar-refractivity contribution in [1.29, 1.82) is 0 Å². The second-order valence-electron chi connectivity index (χ2n) is 8.12. The molecule has 1 atom stereocenters. The van der Waals surface area contributed by atoms with Crippen LogP contribution in [0.4, 0.5) is 29.3 Å². The van der Waals surface area contributed by atoms with E-state index in [1.54, 1.807) is 31.2 Å². The molecule has 4 aromatic rings. The van der Waals surface area contributed by atoms with Crippen LogP contribution in [-0.4, -0.2) is 36.1 Å². The standard InChI is InChI=1S/C24H22F4N6O2S/c1-2-17(16-5-3-4-6-20(16)37(29,35)36)32-23-33-19-12-11-18(14-7-9-15(25)10-8-14)31-21(19)22(34-23)30-13-24(26,27)28/h3-12,17H,2,13H2,1H3,(H2,29,35,36)(H2,30,32,33,34)/t17-/m1/s1. The summed E-state index contributed by atoms with van der Waals surface area (Å²) < 4.78 is 76.5. The van der Waals surface area contributed by atoms with Gasteiger partial charge < -0.3 is 10.6 Å². The minimum Gasteiger partial charge on any atom is -0.359 e. The van der Waals surface area contributed by atoms with E-state index in [1.165, 1.54) is 36.4 Å². The number of alkyl halides is 3. The fourth-order valence-electron chi connectivity index (χ4n) is 3.75. The number of rotatable bonds is 8. The number of sulfonamides is 1. The number of nitrogens with two attached hydrogens (primary N) is 1. The molecular weight excluding hydrogens is 512 g/mol. The Hall–Kier alpha value is -3.84. The molecule has 0 aliphatic carbocycles. The Morgan fingerprint density at radius 1 is 0.973 bits per heavy atom. The molecule has 37 heavy (non-hydrogen) atoms. The third-order valence-corrected chi connectivity index (χ3v) is 6.44. The molecule has 4 N–H and O–H groups in total. The molecular formula is C24H22F4N6O2S. The molecule has 0 fully saturated rings. The van der Waals surface area contributed by atoms with Gasteiger partial charge in [0.25, 0.3) is 0 Å². The van der Waals surface area contributed by atoms with Crippen LogP contribution in [0.25, 0.3) is 22.3 Å². The molecule has 194 valence electrons. The van der Waals surface area contributed by atoms with Crippen LogP contribution in [0.15, 0.2) is 65.6 Å². The van der Waals surface area contributed by atoms with Crippen molar-refractivity contribution in [3.63, 3.8) is 0 Å². The summed E-state index contributed by atoms with van der Waals surface area (Å²) >= 11 is 0. The van der Waals surface area contributed by atoms with Crippen molar-refractivity contribution in [2.24, 2.45) is 5.14 Å². The number of nitrogens with one attached hydrogen (secondary N) is 2. The second-order valence-corrected chi connectivity index (χ2v) is 9.65. The summed E-state index contributed by atoms with van der Waals surface area (Å²) in [4.78, 5) is 12.9. The van der Waals surface area contributed by atoms with Crippen molar-refractivity contribution in [2.75, 3.05) is 17.2 Å². The molecule has 2 heterocycles. The molecule has 0 amide bonds. The van der Waals surface area contributed by atoms with Crippen LogP contribution >= 0.6 is 0 Å². The summed E-state index contributed by atoms with van der Waals surface area (Å²) in [5.41, 5.74) is 1.63. The third kappa shape index (κ3) is 6.30. The number of benzene rings is 2. The first-order valence-corrected chi connectivity index (χ1v) is 12.6. The molecule has 2 aromatic heterocycles. The lowest BCUT2D eigenvalue weighted by Crippen LogP contribution is -2.23. The van der Waals surface area contributed by atoms with E-state index in [2.05, 4.69) is 25.6 Å². The van der Waals surface area contributed by atoms with Crippen LogP contribution in [0.1, 0.15) is 24.9 Å². The maximum absolute atomic E-state index is 13.3. The van der Waals surface area contributed by atoms with Crippen molar-refractivity contribution in [3.8, 4) is 11.3 Å². The van der Waals surface area contributed by atoms with Gasteiger partial charge in [-0.2, -0.15) is 18.2 Å². The third-order valence-electron chi connectivity index (χ3n) is 5.45. The number of pyridine rings is 1. The summed E-state index contributed by atoms with van der Waals surface area (Å²) in [5, 5.41) is 10.6. The number of halogens is 4. The number of hydrogen-bond acceptors (Lipinski definition) is 7. The zero-order valence-corrected chi connectivity index (χ0v) is 20.2. The molecule has 0 radical (unpaired) electrons. The molecule has 0 spiro atoms. The van der Waals surface area contributed by atoms with Crippen LogP contribution in [0.2, 0.25) is 0 Å². The minimum atomic E-state index is -4.53. The summed E-state index contributed by atoms with van der Waals surface area (Å²) in [6.07, 6.45) is -4.14. The smallest absolute Gasteiger partial charge is 0.359 e. The number of primary sulfonamides is 1. The number of anilines is 2. The maximum atomic E-state index is 13.3. The van der Waals surface area contributed by atoms with E-state index in [1.807, 2.05) is 0 Å². The Balaban J connectivity index is 1.77. The first kappa shape index (κ1) is 26.2. The van der Waals surface area contributed by atoms with Gasteiger partial charge in [0.2, 0.25) is 16.0 Å². The van der Waals surface area contributed by atoms with Crippen molar-refractivity contribution in [1.82, 2.24) is 15.0 Å². The quantitative estimate of drug-likeness (QED) is 0.272. The minimum absolute atomic E-state index is 0.0374. The van der Waals surface area contributed by atoms with E-state index in [4.69, 9.17) is 5.14 Å². The molecule has 0 unspecified atom stereocenters. The molecule has 0 aliphatic heterocycles. The normalized spacial score (nSPS) is 12.9. The van der Waals surface area contributed by atoms with Gasteiger partial charge in [0.15, 0.2) is 5.82 Å².